The van der Waals surface area contributed by atoms with Crippen molar-refractivity contribution < 1.29 is 9.53 Å². The van der Waals surface area contributed by atoms with Gasteiger partial charge in [0.15, 0.2) is 5.69 Å². The second-order valence-corrected chi connectivity index (χ2v) is 6.14. The lowest BCUT2D eigenvalue weighted by atomic mass is 10.2. The van der Waals surface area contributed by atoms with Crippen molar-refractivity contribution in [2.45, 2.75) is 6.92 Å². The fourth-order valence-corrected chi connectivity index (χ4v) is 2.51. The Morgan fingerprint density at radius 3 is 2.37 bits per heavy atom. The number of rotatable bonds is 4. The standard InChI is InChI=1S/C16H14N4O2.C5H7N3/c1-11-5-6-13(18-9-11)15-8-14(16(21)22-2)19-20(15)12-4-3-7-17-10-12;6-8-5-2-1-3-7-4-5/h3-10H,1-2H3;1-4,8H,6H2. The highest BCUT2D eigenvalue weighted by Gasteiger charge is 2.17. The van der Waals surface area contributed by atoms with Gasteiger partial charge < -0.3 is 10.2 Å². The van der Waals surface area contributed by atoms with E-state index in [1.54, 1.807) is 47.8 Å². The Morgan fingerprint density at radius 2 is 1.83 bits per heavy atom. The number of hydrogen-bond donors (Lipinski definition) is 2. The number of nitrogen functional groups attached to an aromatic ring is 1. The van der Waals surface area contributed by atoms with Gasteiger partial charge in [-0.2, -0.15) is 5.10 Å². The lowest BCUT2D eigenvalue weighted by molar-refractivity contribution is 0.0593. The maximum absolute atomic E-state index is 11.8. The van der Waals surface area contributed by atoms with Crippen LogP contribution in [0.15, 0.2) is 73.4 Å². The zero-order valence-electron chi connectivity index (χ0n) is 16.6. The summed E-state index contributed by atoms with van der Waals surface area (Å²) in [6.45, 7) is 1.97. The molecule has 30 heavy (non-hydrogen) atoms. The topological polar surface area (TPSA) is 121 Å². The van der Waals surface area contributed by atoms with Crippen LogP contribution in [0.2, 0.25) is 0 Å². The summed E-state index contributed by atoms with van der Waals surface area (Å²) in [6, 6.07) is 12.8. The van der Waals surface area contributed by atoms with Gasteiger partial charge in [0, 0.05) is 24.7 Å². The van der Waals surface area contributed by atoms with Crippen LogP contribution in [0.5, 0.6) is 0 Å². The van der Waals surface area contributed by atoms with Crippen LogP contribution in [-0.2, 0) is 4.74 Å². The molecule has 0 aliphatic heterocycles. The number of aryl methyl sites for hydroxylation is 1. The predicted molar refractivity (Wildman–Crippen MR) is 113 cm³/mol. The fourth-order valence-electron chi connectivity index (χ4n) is 2.51. The Labute approximate surface area is 173 Å². The number of anilines is 1. The van der Waals surface area contributed by atoms with Gasteiger partial charge in [0.25, 0.3) is 0 Å². The summed E-state index contributed by atoms with van der Waals surface area (Å²) in [5.41, 5.74) is 6.74. The van der Waals surface area contributed by atoms with Crippen LogP contribution in [0, 0.1) is 6.92 Å². The minimum atomic E-state index is -0.490. The number of hydrazine groups is 1. The van der Waals surface area contributed by atoms with Gasteiger partial charge in [0.05, 0.1) is 42.3 Å². The zero-order valence-corrected chi connectivity index (χ0v) is 16.6. The Bertz CT molecular complexity index is 1080. The van der Waals surface area contributed by atoms with Crippen molar-refractivity contribution in [1.82, 2.24) is 24.7 Å². The maximum atomic E-state index is 11.8. The highest BCUT2D eigenvalue weighted by molar-refractivity contribution is 5.88. The van der Waals surface area contributed by atoms with E-state index in [1.807, 2.05) is 37.3 Å². The third kappa shape index (κ3) is 5.03. The Morgan fingerprint density at radius 1 is 1.07 bits per heavy atom. The number of pyridine rings is 3. The molecule has 3 N–H and O–H groups in total. The number of ether oxygens (including phenoxy) is 1. The van der Waals surface area contributed by atoms with Gasteiger partial charge in [-0.15, -0.1) is 0 Å². The van der Waals surface area contributed by atoms with E-state index < -0.39 is 5.97 Å². The van der Waals surface area contributed by atoms with E-state index in [4.69, 9.17) is 10.6 Å². The first kappa shape index (κ1) is 20.6. The normalized spacial score (nSPS) is 9.97. The Kier molecular flexibility index (Phi) is 6.80. The van der Waals surface area contributed by atoms with Crippen molar-refractivity contribution in [2.75, 3.05) is 12.5 Å². The minimum absolute atomic E-state index is 0.226. The van der Waals surface area contributed by atoms with E-state index in [1.165, 1.54) is 7.11 Å². The average Bonchev–Trinajstić information content (AvgIpc) is 3.26. The molecule has 4 aromatic heterocycles. The molecule has 0 atom stereocenters. The lowest BCUT2D eigenvalue weighted by Gasteiger charge is -2.06. The first-order valence-corrected chi connectivity index (χ1v) is 9.01. The second-order valence-electron chi connectivity index (χ2n) is 6.14. The molecule has 152 valence electrons. The molecule has 4 aromatic rings. The average molecular weight is 403 g/mol. The molecular formula is C21H21N7O2. The second kappa shape index (κ2) is 9.89. The summed E-state index contributed by atoms with van der Waals surface area (Å²) in [6.07, 6.45) is 8.47. The minimum Gasteiger partial charge on any atom is -0.464 e. The SMILES string of the molecule is COC(=O)c1cc(-c2ccc(C)cn2)n(-c2cccnc2)n1.NNc1cccnc1. The van der Waals surface area contributed by atoms with Gasteiger partial charge in [-0.25, -0.2) is 9.48 Å². The maximum Gasteiger partial charge on any atom is 0.358 e. The van der Waals surface area contributed by atoms with Crippen LogP contribution in [0.4, 0.5) is 5.69 Å². The molecule has 0 unspecified atom stereocenters. The third-order valence-electron chi connectivity index (χ3n) is 4.00. The van der Waals surface area contributed by atoms with E-state index in [-0.39, 0.29) is 5.69 Å². The number of methoxy groups -OCH3 is 1. The molecule has 9 heteroatoms. The molecule has 0 aromatic carbocycles. The van der Waals surface area contributed by atoms with Crippen LogP contribution in [0.25, 0.3) is 17.1 Å². The molecule has 0 saturated heterocycles. The molecule has 0 spiro atoms. The molecule has 0 aliphatic rings. The van der Waals surface area contributed by atoms with Crippen molar-refractivity contribution in [2.24, 2.45) is 5.84 Å². The van der Waals surface area contributed by atoms with Crippen molar-refractivity contribution >= 4 is 11.7 Å². The quantitative estimate of drug-likeness (QED) is 0.303. The van der Waals surface area contributed by atoms with Crippen LogP contribution < -0.4 is 11.3 Å². The fraction of sp³-hybridized carbons (Fsp3) is 0.0952. The summed E-state index contributed by atoms with van der Waals surface area (Å²) in [7, 11) is 1.33. The first-order valence-electron chi connectivity index (χ1n) is 9.01. The molecule has 4 heterocycles. The number of esters is 1. The summed E-state index contributed by atoms with van der Waals surface area (Å²) < 4.78 is 6.38. The summed E-state index contributed by atoms with van der Waals surface area (Å²) in [5.74, 6) is 4.57. The van der Waals surface area contributed by atoms with E-state index in [0.717, 1.165) is 22.6 Å². The van der Waals surface area contributed by atoms with Crippen molar-refractivity contribution in [3.8, 4) is 17.1 Å². The van der Waals surface area contributed by atoms with Crippen LogP contribution in [0.3, 0.4) is 0 Å². The Hall–Kier alpha value is -4.11. The number of nitrogens with two attached hydrogens (primary N) is 1. The molecule has 9 nitrogen and oxygen atoms in total. The smallest absolute Gasteiger partial charge is 0.358 e. The molecule has 0 fully saturated rings. The molecule has 0 bridgehead atoms. The van der Waals surface area contributed by atoms with Crippen molar-refractivity contribution in [3.05, 3.63) is 84.7 Å². The summed E-state index contributed by atoms with van der Waals surface area (Å²) in [5, 5.41) is 4.31. The van der Waals surface area contributed by atoms with Crippen LogP contribution >= 0.6 is 0 Å². The molecule has 0 radical (unpaired) electrons. The van der Waals surface area contributed by atoms with Gasteiger partial charge in [-0.1, -0.05) is 6.07 Å². The predicted octanol–water partition coefficient (Wildman–Crippen LogP) is 2.79. The van der Waals surface area contributed by atoms with Crippen molar-refractivity contribution in [3.63, 3.8) is 0 Å². The van der Waals surface area contributed by atoms with Gasteiger partial charge in [0.2, 0.25) is 0 Å². The van der Waals surface area contributed by atoms with Gasteiger partial charge in [-0.3, -0.25) is 20.8 Å². The first-order chi connectivity index (χ1) is 14.6. The van der Waals surface area contributed by atoms with Crippen LogP contribution in [-0.4, -0.2) is 37.8 Å². The van der Waals surface area contributed by atoms with E-state index in [9.17, 15) is 4.79 Å². The van der Waals surface area contributed by atoms with Gasteiger partial charge >= 0.3 is 5.97 Å². The Balaban J connectivity index is 0.000000269. The molecular weight excluding hydrogens is 382 g/mol. The number of aromatic nitrogens is 5. The molecule has 4 rings (SSSR count). The number of carbonyl (C=O) groups is 1. The number of nitrogens with zero attached hydrogens (tertiary/aromatic N) is 5. The highest BCUT2D eigenvalue weighted by Crippen LogP contribution is 2.22. The largest absolute Gasteiger partial charge is 0.464 e. The van der Waals surface area contributed by atoms with Crippen molar-refractivity contribution in [1.29, 1.82) is 0 Å². The lowest BCUT2D eigenvalue weighted by Crippen LogP contribution is -2.06. The zero-order chi connectivity index (χ0) is 21.3. The monoisotopic (exact) mass is 403 g/mol. The summed E-state index contributed by atoms with van der Waals surface area (Å²) in [4.78, 5) is 24.1. The molecule has 0 saturated carbocycles. The van der Waals surface area contributed by atoms with E-state index in [0.29, 0.717) is 5.69 Å². The molecule has 0 aliphatic carbocycles. The number of nitrogens with one attached hydrogen (secondary N) is 1. The summed E-state index contributed by atoms with van der Waals surface area (Å²) >= 11 is 0. The third-order valence-corrected chi connectivity index (χ3v) is 4.00. The number of carbonyl (C=O) groups excluding carboxylic acids is 1. The highest BCUT2D eigenvalue weighted by atomic mass is 16.5. The van der Waals surface area contributed by atoms with Gasteiger partial charge in [0.1, 0.15) is 0 Å². The van der Waals surface area contributed by atoms with E-state index in [2.05, 4.69) is 25.5 Å². The number of hydrogen-bond acceptors (Lipinski definition) is 8. The van der Waals surface area contributed by atoms with Crippen LogP contribution in [0.1, 0.15) is 16.1 Å². The van der Waals surface area contributed by atoms with E-state index >= 15 is 0 Å². The van der Waals surface area contributed by atoms with Gasteiger partial charge in [-0.05, 0) is 42.8 Å². The molecule has 0 amide bonds.